The van der Waals surface area contributed by atoms with Gasteiger partial charge in [0.2, 0.25) is 0 Å². The molecular weight excluding hydrogens is 224 g/mol. The van der Waals surface area contributed by atoms with Gasteiger partial charge in [-0.15, -0.1) is 0 Å². The summed E-state index contributed by atoms with van der Waals surface area (Å²) in [6.45, 7) is 8.72. The van der Waals surface area contributed by atoms with Crippen molar-refractivity contribution in [1.82, 2.24) is 5.32 Å². The van der Waals surface area contributed by atoms with Crippen LogP contribution in [-0.2, 0) is 0 Å². The van der Waals surface area contributed by atoms with Gasteiger partial charge in [-0.3, -0.25) is 5.32 Å². The first-order chi connectivity index (χ1) is 8.49. The molecule has 2 atom stereocenters. The lowest BCUT2D eigenvalue weighted by Gasteiger charge is -2.26. The van der Waals surface area contributed by atoms with E-state index in [-0.39, 0.29) is 6.10 Å². The third kappa shape index (κ3) is 4.38. The Labute approximate surface area is 110 Å². The number of rotatable bonds is 6. The topological polar surface area (TPSA) is 45.0 Å². The SMILES string of the molecule is CCNC(C)(C#N)CC(C)Oc1cccc(C)c1. The Hall–Kier alpha value is -1.53. The second-order valence-electron chi connectivity index (χ2n) is 4.92. The van der Waals surface area contributed by atoms with E-state index in [9.17, 15) is 5.26 Å². The van der Waals surface area contributed by atoms with Crippen LogP contribution in [0.2, 0.25) is 0 Å². The molecule has 0 saturated carbocycles. The van der Waals surface area contributed by atoms with Crippen LogP contribution in [0, 0.1) is 18.3 Å². The van der Waals surface area contributed by atoms with E-state index in [1.165, 1.54) is 5.56 Å². The molecule has 3 heteroatoms. The molecule has 2 unspecified atom stereocenters. The number of aryl methyl sites for hydroxylation is 1. The van der Waals surface area contributed by atoms with Gasteiger partial charge < -0.3 is 4.74 Å². The average molecular weight is 246 g/mol. The highest BCUT2D eigenvalue weighted by Gasteiger charge is 2.26. The van der Waals surface area contributed by atoms with Crippen molar-refractivity contribution >= 4 is 0 Å². The normalized spacial score (nSPS) is 15.5. The van der Waals surface area contributed by atoms with Crippen LogP contribution < -0.4 is 10.1 Å². The predicted molar refractivity (Wildman–Crippen MR) is 73.6 cm³/mol. The van der Waals surface area contributed by atoms with Gasteiger partial charge in [0, 0.05) is 6.42 Å². The molecule has 1 aromatic rings. The molecule has 1 aromatic carbocycles. The summed E-state index contributed by atoms with van der Waals surface area (Å²) in [7, 11) is 0. The van der Waals surface area contributed by atoms with E-state index < -0.39 is 5.54 Å². The van der Waals surface area contributed by atoms with E-state index in [1.54, 1.807) is 0 Å². The van der Waals surface area contributed by atoms with E-state index in [2.05, 4.69) is 11.4 Å². The van der Waals surface area contributed by atoms with Crippen LogP contribution in [0.25, 0.3) is 0 Å². The van der Waals surface area contributed by atoms with Gasteiger partial charge >= 0.3 is 0 Å². The molecule has 0 bridgehead atoms. The summed E-state index contributed by atoms with van der Waals surface area (Å²) in [6.07, 6.45) is 0.654. The Kier molecular flexibility index (Phi) is 5.18. The second-order valence-corrected chi connectivity index (χ2v) is 4.92. The highest BCUT2D eigenvalue weighted by molar-refractivity contribution is 5.27. The van der Waals surface area contributed by atoms with Crippen LogP contribution in [0.5, 0.6) is 5.75 Å². The molecule has 0 aliphatic heterocycles. The van der Waals surface area contributed by atoms with Crippen molar-refractivity contribution in [3.05, 3.63) is 29.8 Å². The zero-order chi connectivity index (χ0) is 13.6. The first-order valence-electron chi connectivity index (χ1n) is 6.38. The lowest BCUT2D eigenvalue weighted by molar-refractivity contribution is 0.180. The fourth-order valence-corrected chi connectivity index (χ4v) is 2.09. The Balaban J connectivity index is 2.61. The van der Waals surface area contributed by atoms with Crippen molar-refractivity contribution in [2.24, 2.45) is 0 Å². The minimum atomic E-state index is -0.530. The molecule has 0 aromatic heterocycles. The third-order valence-electron chi connectivity index (χ3n) is 2.84. The van der Waals surface area contributed by atoms with Crippen LogP contribution in [0.1, 0.15) is 32.8 Å². The lowest BCUT2D eigenvalue weighted by atomic mass is 9.96. The van der Waals surface area contributed by atoms with Crippen LogP contribution in [0.3, 0.4) is 0 Å². The second kappa shape index (κ2) is 6.42. The zero-order valence-electron chi connectivity index (χ0n) is 11.7. The summed E-state index contributed by atoms with van der Waals surface area (Å²) < 4.78 is 5.85. The molecule has 0 aliphatic carbocycles. The number of nitrogens with one attached hydrogen (secondary N) is 1. The van der Waals surface area contributed by atoms with Gasteiger partial charge in [0.25, 0.3) is 0 Å². The van der Waals surface area contributed by atoms with E-state index in [0.717, 1.165) is 12.3 Å². The molecule has 0 radical (unpaired) electrons. The Bertz CT molecular complexity index is 425. The van der Waals surface area contributed by atoms with Gasteiger partial charge in [-0.05, 0) is 45.0 Å². The fraction of sp³-hybridized carbons (Fsp3) is 0.533. The van der Waals surface area contributed by atoms with Crippen molar-refractivity contribution in [2.75, 3.05) is 6.54 Å². The molecule has 18 heavy (non-hydrogen) atoms. The number of hydrogen-bond acceptors (Lipinski definition) is 3. The summed E-state index contributed by atoms with van der Waals surface area (Å²) >= 11 is 0. The van der Waals surface area contributed by atoms with Gasteiger partial charge in [-0.2, -0.15) is 5.26 Å². The van der Waals surface area contributed by atoms with Gasteiger partial charge in [0.15, 0.2) is 0 Å². The molecule has 3 nitrogen and oxygen atoms in total. The van der Waals surface area contributed by atoms with Gasteiger partial charge in [0.05, 0.1) is 12.2 Å². The van der Waals surface area contributed by atoms with Crippen LogP contribution in [0.4, 0.5) is 0 Å². The van der Waals surface area contributed by atoms with E-state index >= 15 is 0 Å². The minimum Gasteiger partial charge on any atom is -0.491 e. The van der Waals surface area contributed by atoms with Crippen LogP contribution in [0.15, 0.2) is 24.3 Å². The molecule has 98 valence electrons. The zero-order valence-corrected chi connectivity index (χ0v) is 11.7. The first-order valence-corrected chi connectivity index (χ1v) is 6.38. The summed E-state index contributed by atoms with van der Waals surface area (Å²) in [6, 6.07) is 10.3. The van der Waals surface area contributed by atoms with Crippen molar-refractivity contribution < 1.29 is 4.74 Å². The first kappa shape index (κ1) is 14.5. The largest absolute Gasteiger partial charge is 0.491 e. The van der Waals surface area contributed by atoms with Crippen molar-refractivity contribution in [1.29, 1.82) is 5.26 Å². The molecule has 0 saturated heterocycles. The van der Waals surface area contributed by atoms with Gasteiger partial charge in [-0.1, -0.05) is 19.1 Å². The van der Waals surface area contributed by atoms with Crippen LogP contribution >= 0.6 is 0 Å². The van der Waals surface area contributed by atoms with E-state index in [4.69, 9.17) is 4.74 Å². The molecule has 1 N–H and O–H groups in total. The molecule has 0 fully saturated rings. The molecule has 1 rings (SSSR count). The monoisotopic (exact) mass is 246 g/mol. The Morgan fingerprint density at radius 1 is 1.50 bits per heavy atom. The Morgan fingerprint density at radius 2 is 2.22 bits per heavy atom. The summed E-state index contributed by atoms with van der Waals surface area (Å²) in [4.78, 5) is 0. The molecule has 0 amide bonds. The summed E-state index contributed by atoms with van der Waals surface area (Å²) in [5, 5.41) is 12.4. The maximum absolute atomic E-state index is 9.21. The number of benzene rings is 1. The number of nitriles is 1. The maximum Gasteiger partial charge on any atom is 0.119 e. The average Bonchev–Trinajstić information content (AvgIpc) is 2.29. The quantitative estimate of drug-likeness (QED) is 0.839. The van der Waals surface area contributed by atoms with Gasteiger partial charge in [0.1, 0.15) is 11.3 Å². The lowest BCUT2D eigenvalue weighted by Crippen LogP contribution is -2.44. The smallest absolute Gasteiger partial charge is 0.119 e. The van der Waals surface area contributed by atoms with Crippen molar-refractivity contribution in [3.8, 4) is 11.8 Å². The number of hydrogen-bond donors (Lipinski definition) is 1. The standard InChI is InChI=1S/C15H22N2O/c1-5-17-15(4,11-16)10-13(3)18-14-8-6-7-12(2)9-14/h6-9,13,17H,5,10H2,1-4H3. The number of nitrogens with zero attached hydrogens (tertiary/aromatic N) is 1. The molecular formula is C15H22N2O. The van der Waals surface area contributed by atoms with E-state index in [0.29, 0.717) is 6.42 Å². The fourth-order valence-electron chi connectivity index (χ4n) is 2.09. The predicted octanol–water partition coefficient (Wildman–Crippen LogP) is 3.04. The summed E-state index contributed by atoms with van der Waals surface area (Å²) in [5.41, 5.74) is 0.646. The van der Waals surface area contributed by atoms with Crippen molar-refractivity contribution in [2.45, 2.75) is 45.8 Å². The summed E-state index contributed by atoms with van der Waals surface area (Å²) in [5.74, 6) is 0.860. The minimum absolute atomic E-state index is 0.00417. The third-order valence-corrected chi connectivity index (χ3v) is 2.84. The van der Waals surface area contributed by atoms with E-state index in [1.807, 2.05) is 52.0 Å². The van der Waals surface area contributed by atoms with Gasteiger partial charge in [-0.25, -0.2) is 0 Å². The number of ether oxygens (including phenoxy) is 1. The highest BCUT2D eigenvalue weighted by Crippen LogP contribution is 2.19. The molecule has 0 heterocycles. The molecule has 0 aliphatic rings. The Morgan fingerprint density at radius 3 is 2.78 bits per heavy atom. The maximum atomic E-state index is 9.21. The van der Waals surface area contributed by atoms with Crippen molar-refractivity contribution in [3.63, 3.8) is 0 Å². The highest BCUT2D eigenvalue weighted by atomic mass is 16.5. The van der Waals surface area contributed by atoms with Crippen LogP contribution in [-0.4, -0.2) is 18.2 Å². The molecule has 0 spiro atoms.